The van der Waals surface area contributed by atoms with Gasteiger partial charge >= 0.3 is 0 Å². The third kappa shape index (κ3) is 2.23. The predicted molar refractivity (Wildman–Crippen MR) is 53.2 cm³/mol. The maximum atomic E-state index is 5.52. The van der Waals surface area contributed by atoms with Crippen molar-refractivity contribution < 1.29 is 0 Å². The van der Waals surface area contributed by atoms with Gasteiger partial charge < -0.3 is 5.73 Å². The Hall–Kier alpha value is -0.990. The molecule has 2 rings (SSSR count). The smallest absolute Gasteiger partial charge is 0.145 e. The molecule has 0 aliphatic heterocycles. The minimum Gasteiger partial charge on any atom is -0.382 e. The summed E-state index contributed by atoms with van der Waals surface area (Å²) in [4.78, 5) is 0. The molecule has 2 N–H and O–H groups in total. The lowest BCUT2D eigenvalue weighted by Crippen LogP contribution is -2.02. The van der Waals surface area contributed by atoms with E-state index in [0.29, 0.717) is 11.2 Å². The Labute approximate surface area is 78.9 Å². The number of aryl methyl sites for hydroxylation is 1. The van der Waals surface area contributed by atoms with Crippen molar-refractivity contribution >= 4 is 5.82 Å². The maximum absolute atomic E-state index is 5.52. The number of hydrogen-bond donors (Lipinski definition) is 1. The van der Waals surface area contributed by atoms with Gasteiger partial charge in [0.15, 0.2) is 0 Å². The number of nitrogens with zero attached hydrogens (tertiary/aromatic N) is 2. The number of nitrogen functional groups attached to an aromatic ring is 1. The summed E-state index contributed by atoms with van der Waals surface area (Å²) in [5.41, 5.74) is 6.18. The van der Waals surface area contributed by atoms with Crippen LogP contribution in [-0.2, 0) is 6.54 Å². The molecule has 1 heterocycles. The number of aromatic nitrogens is 2. The molecule has 72 valence electrons. The summed E-state index contributed by atoms with van der Waals surface area (Å²) in [5.74, 6) is 0.623. The van der Waals surface area contributed by atoms with Crippen LogP contribution in [0.5, 0.6) is 0 Å². The average Bonchev–Trinajstić information content (AvgIpc) is 2.65. The van der Waals surface area contributed by atoms with Crippen LogP contribution in [0.2, 0.25) is 0 Å². The second-order valence-electron chi connectivity index (χ2n) is 4.42. The Morgan fingerprint density at radius 2 is 2.38 bits per heavy atom. The van der Waals surface area contributed by atoms with E-state index < -0.39 is 0 Å². The van der Waals surface area contributed by atoms with E-state index in [4.69, 9.17) is 5.73 Å². The summed E-state index contributed by atoms with van der Waals surface area (Å²) in [6, 6.07) is 1.85. The van der Waals surface area contributed by atoms with E-state index in [1.165, 1.54) is 25.7 Å². The Bertz CT molecular complexity index is 286. The summed E-state index contributed by atoms with van der Waals surface area (Å²) in [5, 5.41) is 4.15. The lowest BCUT2D eigenvalue weighted by atomic mass is 10.0. The fourth-order valence-corrected chi connectivity index (χ4v) is 1.63. The van der Waals surface area contributed by atoms with E-state index in [-0.39, 0.29) is 0 Å². The molecule has 0 bridgehead atoms. The first kappa shape index (κ1) is 8.60. The Morgan fingerprint density at radius 3 is 2.92 bits per heavy atom. The first-order valence-corrected chi connectivity index (χ1v) is 4.97. The van der Waals surface area contributed by atoms with Crippen molar-refractivity contribution in [2.24, 2.45) is 5.41 Å². The van der Waals surface area contributed by atoms with Gasteiger partial charge in [-0.3, -0.25) is 4.68 Å². The van der Waals surface area contributed by atoms with E-state index in [1.807, 2.05) is 16.9 Å². The van der Waals surface area contributed by atoms with Gasteiger partial charge in [-0.1, -0.05) is 6.92 Å². The maximum Gasteiger partial charge on any atom is 0.145 e. The molecule has 0 radical (unpaired) electrons. The number of hydrogen-bond acceptors (Lipinski definition) is 2. The minimum atomic E-state index is 0.623. The van der Waals surface area contributed by atoms with Crippen LogP contribution in [0, 0.1) is 5.41 Å². The van der Waals surface area contributed by atoms with Crippen molar-refractivity contribution in [3.63, 3.8) is 0 Å². The SMILES string of the molecule is CC1(CCCn2ccc(N)n2)CC1. The van der Waals surface area contributed by atoms with Crippen LogP contribution in [0.15, 0.2) is 12.3 Å². The van der Waals surface area contributed by atoms with E-state index >= 15 is 0 Å². The van der Waals surface area contributed by atoms with E-state index in [1.54, 1.807) is 0 Å². The van der Waals surface area contributed by atoms with Crippen molar-refractivity contribution in [1.82, 2.24) is 9.78 Å². The zero-order valence-electron chi connectivity index (χ0n) is 8.16. The quantitative estimate of drug-likeness (QED) is 0.768. The summed E-state index contributed by atoms with van der Waals surface area (Å²) in [6.07, 6.45) is 7.32. The fourth-order valence-electron chi connectivity index (χ4n) is 1.63. The van der Waals surface area contributed by atoms with Gasteiger partial charge in [-0.25, -0.2) is 0 Å². The zero-order valence-corrected chi connectivity index (χ0v) is 8.16. The molecule has 13 heavy (non-hydrogen) atoms. The summed E-state index contributed by atoms with van der Waals surface area (Å²) < 4.78 is 1.93. The van der Waals surface area contributed by atoms with Crippen LogP contribution in [0.4, 0.5) is 5.82 Å². The third-order valence-electron chi connectivity index (χ3n) is 2.93. The fraction of sp³-hybridized carbons (Fsp3) is 0.700. The molecule has 0 unspecified atom stereocenters. The molecular weight excluding hydrogens is 162 g/mol. The van der Waals surface area contributed by atoms with Crippen molar-refractivity contribution in [3.8, 4) is 0 Å². The molecule has 1 aliphatic rings. The molecule has 3 nitrogen and oxygen atoms in total. The third-order valence-corrected chi connectivity index (χ3v) is 2.93. The molecule has 0 atom stereocenters. The Morgan fingerprint density at radius 1 is 1.62 bits per heavy atom. The van der Waals surface area contributed by atoms with E-state index in [9.17, 15) is 0 Å². The van der Waals surface area contributed by atoms with Crippen LogP contribution in [0.25, 0.3) is 0 Å². The van der Waals surface area contributed by atoms with Crippen molar-refractivity contribution in [1.29, 1.82) is 0 Å². The Kier molecular flexibility index (Phi) is 2.02. The highest BCUT2D eigenvalue weighted by Crippen LogP contribution is 2.48. The van der Waals surface area contributed by atoms with E-state index in [2.05, 4.69) is 12.0 Å². The normalized spacial score (nSPS) is 18.8. The molecule has 1 fully saturated rings. The number of anilines is 1. The highest BCUT2D eigenvalue weighted by Gasteiger charge is 2.35. The molecule has 1 aliphatic carbocycles. The second kappa shape index (κ2) is 3.05. The molecule has 1 aromatic rings. The van der Waals surface area contributed by atoms with Crippen LogP contribution in [0.3, 0.4) is 0 Å². The number of nitrogens with two attached hydrogens (primary N) is 1. The first-order valence-electron chi connectivity index (χ1n) is 4.97. The molecular formula is C10H17N3. The molecule has 1 aromatic heterocycles. The monoisotopic (exact) mass is 179 g/mol. The standard InChI is InChI=1S/C10H17N3/c1-10(5-6-10)4-2-7-13-8-3-9(11)12-13/h3,8H,2,4-7H2,1H3,(H2,11,12). The zero-order chi connectivity index (χ0) is 9.31. The van der Waals surface area contributed by atoms with Gasteiger partial charge in [0.25, 0.3) is 0 Å². The van der Waals surface area contributed by atoms with Gasteiger partial charge in [-0.15, -0.1) is 0 Å². The predicted octanol–water partition coefficient (Wildman–Crippen LogP) is 2.05. The number of rotatable bonds is 4. The topological polar surface area (TPSA) is 43.8 Å². The lowest BCUT2D eigenvalue weighted by Gasteiger charge is -2.06. The van der Waals surface area contributed by atoms with Crippen LogP contribution < -0.4 is 5.73 Å². The Balaban J connectivity index is 1.73. The molecule has 0 aromatic carbocycles. The van der Waals surface area contributed by atoms with Gasteiger partial charge in [0.1, 0.15) is 5.82 Å². The molecule has 0 saturated heterocycles. The van der Waals surface area contributed by atoms with Crippen molar-refractivity contribution in [2.75, 3.05) is 5.73 Å². The van der Waals surface area contributed by atoms with Crippen molar-refractivity contribution in [3.05, 3.63) is 12.3 Å². The van der Waals surface area contributed by atoms with Gasteiger partial charge in [-0.2, -0.15) is 5.10 Å². The van der Waals surface area contributed by atoms with Crippen LogP contribution >= 0.6 is 0 Å². The van der Waals surface area contributed by atoms with Gasteiger partial charge in [0.2, 0.25) is 0 Å². The van der Waals surface area contributed by atoms with Gasteiger partial charge in [0.05, 0.1) is 0 Å². The highest BCUT2D eigenvalue weighted by molar-refractivity contribution is 5.23. The summed E-state index contributed by atoms with van der Waals surface area (Å²) in [6.45, 7) is 3.37. The second-order valence-corrected chi connectivity index (χ2v) is 4.42. The summed E-state index contributed by atoms with van der Waals surface area (Å²) in [7, 11) is 0. The van der Waals surface area contributed by atoms with Crippen molar-refractivity contribution in [2.45, 2.75) is 39.2 Å². The molecule has 0 amide bonds. The average molecular weight is 179 g/mol. The lowest BCUT2D eigenvalue weighted by molar-refractivity contribution is 0.451. The van der Waals surface area contributed by atoms with Gasteiger partial charge in [0, 0.05) is 12.7 Å². The summed E-state index contributed by atoms with van der Waals surface area (Å²) >= 11 is 0. The molecule has 3 heteroatoms. The van der Waals surface area contributed by atoms with E-state index in [0.717, 1.165) is 6.54 Å². The largest absolute Gasteiger partial charge is 0.382 e. The molecule has 1 saturated carbocycles. The molecule has 0 spiro atoms. The first-order chi connectivity index (χ1) is 6.18. The van der Waals surface area contributed by atoms with Crippen LogP contribution in [0.1, 0.15) is 32.6 Å². The highest BCUT2D eigenvalue weighted by atomic mass is 15.3. The van der Waals surface area contributed by atoms with Gasteiger partial charge in [-0.05, 0) is 37.2 Å². The minimum absolute atomic E-state index is 0.623. The van der Waals surface area contributed by atoms with Crippen LogP contribution in [-0.4, -0.2) is 9.78 Å².